The standard InChI is InChI=1S/C15H24N4O/c1-4-18-10-14(11(2)16-18)15(20)19-8-12-5-6-13(19)9-17(3)7-12/h10,12-13H,4-9H2,1-3H3/t12-,13+/m1/s1. The summed E-state index contributed by atoms with van der Waals surface area (Å²) in [6.07, 6.45) is 4.30. The highest BCUT2D eigenvalue weighted by Crippen LogP contribution is 2.28. The molecule has 5 nitrogen and oxygen atoms in total. The zero-order valence-corrected chi connectivity index (χ0v) is 12.7. The van der Waals surface area contributed by atoms with E-state index in [-0.39, 0.29) is 5.91 Å². The van der Waals surface area contributed by atoms with Crippen molar-refractivity contribution in [2.75, 3.05) is 26.7 Å². The lowest BCUT2D eigenvalue weighted by molar-refractivity contribution is 0.0586. The van der Waals surface area contributed by atoms with Gasteiger partial charge in [-0.15, -0.1) is 0 Å². The van der Waals surface area contributed by atoms with Gasteiger partial charge in [-0.05, 0) is 39.7 Å². The number of carbonyl (C=O) groups excluding carboxylic acids is 1. The number of fused-ring (bicyclic) bond motifs is 4. The van der Waals surface area contributed by atoms with Gasteiger partial charge in [-0.2, -0.15) is 5.10 Å². The fourth-order valence-corrected chi connectivity index (χ4v) is 3.61. The smallest absolute Gasteiger partial charge is 0.257 e. The Kier molecular flexibility index (Phi) is 3.54. The maximum Gasteiger partial charge on any atom is 0.257 e. The summed E-state index contributed by atoms with van der Waals surface area (Å²) in [5, 5.41) is 4.40. The summed E-state index contributed by atoms with van der Waals surface area (Å²) >= 11 is 0. The van der Waals surface area contributed by atoms with Crippen LogP contribution in [-0.4, -0.2) is 58.2 Å². The van der Waals surface area contributed by atoms with Crippen LogP contribution in [0.4, 0.5) is 0 Å². The number of hydrogen-bond donors (Lipinski definition) is 0. The van der Waals surface area contributed by atoms with Crippen LogP contribution in [0.15, 0.2) is 6.20 Å². The largest absolute Gasteiger partial charge is 0.334 e. The van der Waals surface area contributed by atoms with E-state index in [2.05, 4.69) is 21.9 Å². The Morgan fingerprint density at radius 2 is 2.15 bits per heavy atom. The fraction of sp³-hybridized carbons (Fsp3) is 0.733. The fourth-order valence-electron chi connectivity index (χ4n) is 3.61. The van der Waals surface area contributed by atoms with Gasteiger partial charge in [0.15, 0.2) is 0 Å². The van der Waals surface area contributed by atoms with Crippen LogP contribution in [-0.2, 0) is 6.54 Å². The van der Waals surface area contributed by atoms with Crippen LogP contribution in [0.3, 0.4) is 0 Å². The molecule has 0 N–H and O–H groups in total. The number of aromatic nitrogens is 2. The van der Waals surface area contributed by atoms with E-state index in [0.717, 1.165) is 43.9 Å². The first-order valence-electron chi connectivity index (χ1n) is 7.62. The molecule has 2 bridgehead atoms. The van der Waals surface area contributed by atoms with Crippen molar-refractivity contribution in [2.45, 2.75) is 39.3 Å². The number of amides is 1. The van der Waals surface area contributed by atoms with Crippen LogP contribution in [0, 0.1) is 12.8 Å². The Morgan fingerprint density at radius 3 is 2.85 bits per heavy atom. The van der Waals surface area contributed by atoms with Gasteiger partial charge >= 0.3 is 0 Å². The van der Waals surface area contributed by atoms with E-state index in [1.165, 1.54) is 6.42 Å². The third-order valence-corrected chi connectivity index (χ3v) is 4.66. The van der Waals surface area contributed by atoms with Gasteiger partial charge in [-0.25, -0.2) is 0 Å². The number of rotatable bonds is 2. The number of piperidine rings is 1. The molecule has 110 valence electrons. The highest BCUT2D eigenvalue weighted by molar-refractivity contribution is 5.95. The summed E-state index contributed by atoms with van der Waals surface area (Å²) in [6, 6.07) is 0.371. The topological polar surface area (TPSA) is 41.4 Å². The predicted octanol–water partition coefficient (Wildman–Crippen LogP) is 1.38. The number of nitrogens with zero attached hydrogens (tertiary/aromatic N) is 4. The minimum absolute atomic E-state index is 0.173. The normalized spacial score (nSPS) is 26.9. The van der Waals surface area contributed by atoms with Crippen LogP contribution in [0.25, 0.3) is 0 Å². The van der Waals surface area contributed by atoms with E-state index in [4.69, 9.17) is 0 Å². The second-order valence-corrected chi connectivity index (χ2v) is 6.26. The molecule has 4 heterocycles. The molecule has 2 atom stereocenters. The van der Waals surface area contributed by atoms with Gasteiger partial charge in [0.05, 0.1) is 11.3 Å². The van der Waals surface area contributed by atoms with Gasteiger partial charge in [0.1, 0.15) is 0 Å². The van der Waals surface area contributed by atoms with Crippen molar-refractivity contribution in [1.29, 1.82) is 0 Å². The third-order valence-electron chi connectivity index (χ3n) is 4.66. The van der Waals surface area contributed by atoms with Crippen LogP contribution in [0.5, 0.6) is 0 Å². The third kappa shape index (κ3) is 2.35. The molecule has 0 aromatic carbocycles. The van der Waals surface area contributed by atoms with Crippen molar-refractivity contribution in [2.24, 2.45) is 5.92 Å². The van der Waals surface area contributed by atoms with Crippen molar-refractivity contribution in [3.63, 3.8) is 0 Å². The average molecular weight is 276 g/mol. The molecule has 0 saturated carbocycles. The first-order valence-corrected chi connectivity index (χ1v) is 7.62. The van der Waals surface area contributed by atoms with Gasteiger partial charge < -0.3 is 9.80 Å². The first kappa shape index (κ1) is 13.6. The number of aryl methyl sites for hydroxylation is 2. The zero-order valence-electron chi connectivity index (χ0n) is 12.7. The van der Waals surface area contributed by atoms with Crippen molar-refractivity contribution < 1.29 is 4.79 Å². The van der Waals surface area contributed by atoms with Gasteiger partial charge in [0.25, 0.3) is 5.91 Å². The Balaban J connectivity index is 1.85. The minimum Gasteiger partial charge on any atom is -0.334 e. The van der Waals surface area contributed by atoms with E-state index < -0.39 is 0 Å². The number of carbonyl (C=O) groups is 1. The van der Waals surface area contributed by atoms with Crippen molar-refractivity contribution >= 4 is 5.91 Å². The SMILES string of the molecule is CCn1cc(C(=O)N2C[C@@H]3CC[C@H]2CN(C)C3)c(C)n1. The number of likely N-dealkylation sites (N-methyl/N-ethyl adjacent to an activating group) is 1. The van der Waals surface area contributed by atoms with Gasteiger partial charge in [0.2, 0.25) is 0 Å². The minimum atomic E-state index is 0.173. The molecule has 5 heteroatoms. The van der Waals surface area contributed by atoms with Gasteiger partial charge in [-0.3, -0.25) is 9.48 Å². The Bertz CT molecular complexity index is 510. The molecule has 20 heavy (non-hydrogen) atoms. The van der Waals surface area contributed by atoms with Crippen LogP contribution < -0.4 is 0 Å². The van der Waals surface area contributed by atoms with Crippen LogP contribution in [0.2, 0.25) is 0 Å². The monoisotopic (exact) mass is 276 g/mol. The Hall–Kier alpha value is -1.36. The van der Waals surface area contributed by atoms with E-state index >= 15 is 0 Å². The molecule has 3 aliphatic heterocycles. The summed E-state index contributed by atoms with van der Waals surface area (Å²) in [7, 11) is 2.17. The lowest BCUT2D eigenvalue weighted by Gasteiger charge is -2.36. The van der Waals surface area contributed by atoms with Gasteiger partial charge in [-0.1, -0.05) is 0 Å². The molecule has 0 unspecified atom stereocenters. The molecule has 1 aromatic heterocycles. The Morgan fingerprint density at radius 1 is 1.35 bits per heavy atom. The van der Waals surface area contributed by atoms with Crippen LogP contribution >= 0.6 is 0 Å². The van der Waals surface area contributed by atoms with E-state index in [0.29, 0.717) is 12.0 Å². The molecule has 1 amide bonds. The summed E-state index contributed by atoms with van der Waals surface area (Å²) in [6.45, 7) is 7.81. The quantitative estimate of drug-likeness (QED) is 0.819. The summed E-state index contributed by atoms with van der Waals surface area (Å²) in [5.41, 5.74) is 1.63. The van der Waals surface area contributed by atoms with E-state index in [1.807, 2.05) is 24.7 Å². The molecular formula is C15H24N4O. The van der Waals surface area contributed by atoms with E-state index in [1.54, 1.807) is 0 Å². The van der Waals surface area contributed by atoms with E-state index in [9.17, 15) is 4.79 Å². The molecule has 1 aromatic rings. The Labute approximate surface area is 120 Å². The average Bonchev–Trinajstić information content (AvgIpc) is 2.61. The zero-order chi connectivity index (χ0) is 14.3. The van der Waals surface area contributed by atoms with Crippen molar-refractivity contribution in [3.8, 4) is 0 Å². The molecule has 0 spiro atoms. The summed E-state index contributed by atoms with van der Waals surface area (Å²) in [5.74, 6) is 0.802. The summed E-state index contributed by atoms with van der Waals surface area (Å²) in [4.78, 5) is 17.3. The second kappa shape index (κ2) is 5.20. The molecular weight excluding hydrogens is 252 g/mol. The molecule has 3 aliphatic rings. The van der Waals surface area contributed by atoms with Crippen molar-refractivity contribution in [3.05, 3.63) is 17.5 Å². The lowest BCUT2D eigenvalue weighted by Crippen LogP contribution is -2.47. The van der Waals surface area contributed by atoms with Gasteiger partial charge in [0, 0.05) is 38.4 Å². The maximum absolute atomic E-state index is 12.9. The highest BCUT2D eigenvalue weighted by Gasteiger charge is 2.37. The second-order valence-electron chi connectivity index (χ2n) is 6.26. The molecule has 3 fully saturated rings. The maximum atomic E-state index is 12.9. The van der Waals surface area contributed by atoms with Crippen LogP contribution in [0.1, 0.15) is 35.8 Å². The lowest BCUT2D eigenvalue weighted by atomic mass is 9.94. The summed E-state index contributed by atoms with van der Waals surface area (Å²) < 4.78 is 1.85. The molecule has 0 radical (unpaired) electrons. The molecule has 0 aliphatic carbocycles. The molecule has 3 saturated heterocycles. The number of hydrogen-bond acceptors (Lipinski definition) is 3. The van der Waals surface area contributed by atoms with Crippen molar-refractivity contribution in [1.82, 2.24) is 19.6 Å². The predicted molar refractivity (Wildman–Crippen MR) is 77.7 cm³/mol. The first-order chi connectivity index (χ1) is 9.58. The molecule has 4 rings (SSSR count). The highest BCUT2D eigenvalue weighted by atomic mass is 16.2.